The average molecular weight is 338 g/mol. The van der Waals surface area contributed by atoms with Gasteiger partial charge in [-0.15, -0.1) is 0 Å². The molecule has 0 aliphatic heterocycles. The van der Waals surface area contributed by atoms with Crippen molar-refractivity contribution in [1.29, 1.82) is 0 Å². The molecule has 0 fully saturated rings. The molecule has 0 aliphatic carbocycles. The summed E-state index contributed by atoms with van der Waals surface area (Å²) in [6, 6.07) is 12.2. The van der Waals surface area contributed by atoms with E-state index >= 15 is 0 Å². The fourth-order valence-corrected chi connectivity index (χ4v) is 2.23. The van der Waals surface area contributed by atoms with E-state index in [2.05, 4.69) is 21.2 Å². The van der Waals surface area contributed by atoms with Crippen molar-refractivity contribution in [2.24, 2.45) is 0 Å². The van der Waals surface area contributed by atoms with Gasteiger partial charge in [-0.05, 0) is 56.3 Å². The van der Waals surface area contributed by atoms with Crippen LogP contribution in [0.4, 0.5) is 10.1 Å². The van der Waals surface area contributed by atoms with Crippen LogP contribution < -0.4 is 10.1 Å². The Morgan fingerprint density at radius 1 is 1.15 bits per heavy atom. The van der Waals surface area contributed by atoms with Crippen LogP contribution in [0.5, 0.6) is 5.75 Å². The van der Waals surface area contributed by atoms with Gasteiger partial charge in [-0.2, -0.15) is 0 Å². The van der Waals surface area contributed by atoms with E-state index in [4.69, 9.17) is 4.74 Å². The molecule has 0 aliphatic rings. The third-order valence-corrected chi connectivity index (χ3v) is 3.21. The Bertz CT molecular complexity index is 569. The Labute approximate surface area is 127 Å². The molecule has 0 heterocycles. The third kappa shape index (κ3) is 4.23. The summed E-state index contributed by atoms with van der Waals surface area (Å²) < 4.78 is 19.6. The first-order valence-corrected chi connectivity index (χ1v) is 7.28. The van der Waals surface area contributed by atoms with Crippen molar-refractivity contribution in [2.45, 2.75) is 26.5 Å². The molecule has 1 N–H and O–H groups in total. The van der Waals surface area contributed by atoms with Crippen molar-refractivity contribution in [3.63, 3.8) is 0 Å². The number of hydrogen-bond donors (Lipinski definition) is 1. The predicted octanol–water partition coefficient (Wildman–Crippen LogP) is 4.99. The lowest BCUT2D eigenvalue weighted by atomic mass is 10.2. The Kier molecular flexibility index (Phi) is 5.01. The van der Waals surface area contributed by atoms with Gasteiger partial charge in [0.2, 0.25) is 0 Å². The molecule has 0 radical (unpaired) electrons. The monoisotopic (exact) mass is 337 g/mol. The van der Waals surface area contributed by atoms with E-state index in [9.17, 15) is 4.39 Å². The molecular weight excluding hydrogens is 321 g/mol. The van der Waals surface area contributed by atoms with Crippen molar-refractivity contribution in [3.05, 3.63) is 58.3 Å². The minimum absolute atomic E-state index is 0.126. The molecule has 106 valence electrons. The first kappa shape index (κ1) is 14.9. The molecule has 2 nitrogen and oxygen atoms in total. The number of rotatable bonds is 5. The van der Waals surface area contributed by atoms with Gasteiger partial charge in [-0.25, -0.2) is 4.39 Å². The molecule has 0 spiro atoms. The third-order valence-electron chi connectivity index (χ3n) is 2.71. The normalized spacial score (nSPS) is 10.7. The van der Waals surface area contributed by atoms with Crippen molar-refractivity contribution in [1.82, 2.24) is 0 Å². The average Bonchev–Trinajstić information content (AvgIpc) is 2.40. The summed E-state index contributed by atoms with van der Waals surface area (Å²) in [6.45, 7) is 4.62. The van der Waals surface area contributed by atoms with Gasteiger partial charge >= 0.3 is 0 Å². The quantitative estimate of drug-likeness (QED) is 0.829. The summed E-state index contributed by atoms with van der Waals surface area (Å²) in [7, 11) is 0. The van der Waals surface area contributed by atoms with Crippen LogP contribution in [0.15, 0.2) is 46.9 Å². The first-order chi connectivity index (χ1) is 9.54. The molecule has 0 aromatic heterocycles. The summed E-state index contributed by atoms with van der Waals surface area (Å²) in [4.78, 5) is 0. The van der Waals surface area contributed by atoms with Crippen molar-refractivity contribution in [2.75, 3.05) is 5.32 Å². The molecule has 0 bridgehead atoms. The lowest BCUT2D eigenvalue weighted by Gasteiger charge is -2.15. The van der Waals surface area contributed by atoms with Crippen LogP contribution in [0.1, 0.15) is 19.4 Å². The Balaban J connectivity index is 2.11. The Morgan fingerprint density at radius 3 is 2.50 bits per heavy atom. The Hall–Kier alpha value is -1.55. The van der Waals surface area contributed by atoms with Gasteiger partial charge in [-0.3, -0.25) is 0 Å². The summed E-state index contributed by atoms with van der Waals surface area (Å²) in [5, 5.41) is 3.26. The van der Waals surface area contributed by atoms with Crippen molar-refractivity contribution < 1.29 is 9.13 Å². The second kappa shape index (κ2) is 6.75. The molecule has 0 unspecified atom stereocenters. The highest BCUT2D eigenvalue weighted by Gasteiger charge is 2.06. The molecule has 20 heavy (non-hydrogen) atoms. The van der Waals surface area contributed by atoms with Crippen molar-refractivity contribution in [3.8, 4) is 5.75 Å². The summed E-state index contributed by atoms with van der Waals surface area (Å²) >= 11 is 3.47. The number of anilines is 1. The maximum Gasteiger partial charge on any atom is 0.124 e. The highest BCUT2D eigenvalue weighted by molar-refractivity contribution is 9.10. The molecule has 2 aromatic carbocycles. The van der Waals surface area contributed by atoms with Gasteiger partial charge in [-0.1, -0.05) is 15.9 Å². The molecular formula is C16H17BrFNO. The van der Waals surface area contributed by atoms with Gasteiger partial charge in [0.05, 0.1) is 6.10 Å². The largest absolute Gasteiger partial charge is 0.491 e. The topological polar surface area (TPSA) is 21.3 Å². The van der Waals surface area contributed by atoms with E-state index < -0.39 is 0 Å². The molecule has 2 aromatic rings. The molecule has 0 amide bonds. The molecule has 2 rings (SSSR count). The molecule has 4 heteroatoms. The first-order valence-electron chi connectivity index (χ1n) is 6.49. The highest BCUT2D eigenvalue weighted by atomic mass is 79.9. The van der Waals surface area contributed by atoms with Gasteiger partial charge in [0, 0.05) is 22.3 Å². The van der Waals surface area contributed by atoms with Gasteiger partial charge in [0.25, 0.3) is 0 Å². The second-order valence-electron chi connectivity index (χ2n) is 4.78. The lowest BCUT2D eigenvalue weighted by Crippen LogP contribution is -2.09. The number of halogens is 2. The zero-order valence-corrected chi connectivity index (χ0v) is 13.1. The van der Waals surface area contributed by atoms with E-state index in [1.54, 1.807) is 12.1 Å². The van der Waals surface area contributed by atoms with Crippen LogP contribution in [0, 0.1) is 5.82 Å². The van der Waals surface area contributed by atoms with Crippen molar-refractivity contribution >= 4 is 21.6 Å². The van der Waals surface area contributed by atoms with Crippen LogP contribution >= 0.6 is 15.9 Å². The second-order valence-corrected chi connectivity index (χ2v) is 5.69. The zero-order valence-electron chi connectivity index (χ0n) is 11.5. The summed E-state index contributed by atoms with van der Waals surface area (Å²) in [5.41, 5.74) is 1.93. The van der Waals surface area contributed by atoms with Crippen LogP contribution in [0.3, 0.4) is 0 Å². The minimum atomic E-state index is -0.234. The van der Waals surface area contributed by atoms with E-state index in [0.717, 1.165) is 21.5 Å². The van der Waals surface area contributed by atoms with Gasteiger partial charge < -0.3 is 10.1 Å². The smallest absolute Gasteiger partial charge is 0.124 e. The summed E-state index contributed by atoms with van der Waals surface area (Å²) in [5.74, 6) is 0.625. The van der Waals surface area contributed by atoms with Gasteiger partial charge in [0.1, 0.15) is 11.6 Å². The number of benzene rings is 2. The predicted molar refractivity (Wildman–Crippen MR) is 83.6 cm³/mol. The van der Waals surface area contributed by atoms with Crippen LogP contribution in [0.2, 0.25) is 0 Å². The Morgan fingerprint density at radius 2 is 1.85 bits per heavy atom. The van der Waals surface area contributed by atoms with E-state index in [1.165, 1.54) is 12.1 Å². The van der Waals surface area contributed by atoms with E-state index in [1.807, 2.05) is 32.0 Å². The standard InChI is InChI=1S/C16H17BrFNO/c1-11(2)20-16-8-3-13(17)9-12(16)10-19-15-6-4-14(18)5-7-15/h3-9,11,19H,10H2,1-2H3. The van der Waals surface area contributed by atoms with Gasteiger partial charge in [0.15, 0.2) is 0 Å². The zero-order chi connectivity index (χ0) is 14.5. The van der Waals surface area contributed by atoms with Crippen LogP contribution in [-0.2, 0) is 6.54 Å². The fourth-order valence-electron chi connectivity index (χ4n) is 1.82. The number of nitrogens with one attached hydrogen (secondary N) is 1. The molecule has 0 saturated carbocycles. The maximum atomic E-state index is 12.9. The van der Waals surface area contributed by atoms with E-state index in [-0.39, 0.29) is 11.9 Å². The number of ether oxygens (including phenoxy) is 1. The SMILES string of the molecule is CC(C)Oc1ccc(Br)cc1CNc1ccc(F)cc1. The van der Waals surface area contributed by atoms with E-state index in [0.29, 0.717) is 6.54 Å². The molecule has 0 saturated heterocycles. The lowest BCUT2D eigenvalue weighted by molar-refractivity contribution is 0.240. The molecule has 0 atom stereocenters. The maximum absolute atomic E-state index is 12.9. The summed E-state index contributed by atoms with van der Waals surface area (Å²) in [6.07, 6.45) is 0.126. The highest BCUT2D eigenvalue weighted by Crippen LogP contribution is 2.25. The van der Waals surface area contributed by atoms with Crippen LogP contribution in [0.25, 0.3) is 0 Å². The van der Waals surface area contributed by atoms with Crippen LogP contribution in [-0.4, -0.2) is 6.10 Å². The minimum Gasteiger partial charge on any atom is -0.491 e. The number of hydrogen-bond acceptors (Lipinski definition) is 2. The fraction of sp³-hybridized carbons (Fsp3) is 0.250.